The molecule has 1 rings (SSSR count). The van der Waals surface area contributed by atoms with Crippen LogP contribution in [-0.4, -0.2) is 7.11 Å². The van der Waals surface area contributed by atoms with Gasteiger partial charge >= 0.3 is 0 Å². The van der Waals surface area contributed by atoms with Gasteiger partial charge in [-0.1, -0.05) is 18.2 Å². The second kappa shape index (κ2) is 3.94. The van der Waals surface area contributed by atoms with Crippen molar-refractivity contribution in [2.24, 2.45) is 0 Å². The van der Waals surface area contributed by atoms with Crippen LogP contribution in [0.25, 0.3) is 0 Å². The average molecular weight is 136 g/mol. The predicted molar refractivity (Wildman–Crippen MR) is 42.6 cm³/mol. The normalized spacial score (nSPS) is 29.1. The van der Waals surface area contributed by atoms with Crippen molar-refractivity contribution in [3.63, 3.8) is 0 Å². The Hall–Kier alpha value is -0.980. The summed E-state index contributed by atoms with van der Waals surface area (Å²) in [6, 6.07) is 0. The smallest absolute Gasteiger partial charge is 0.114 e. The molecule has 0 atom stereocenters. The van der Waals surface area contributed by atoms with E-state index >= 15 is 0 Å². The summed E-state index contributed by atoms with van der Waals surface area (Å²) in [5.74, 6) is 0.962. The molecule has 0 unspecified atom stereocenters. The summed E-state index contributed by atoms with van der Waals surface area (Å²) in [4.78, 5) is 0. The quantitative estimate of drug-likeness (QED) is 0.538. The number of methoxy groups -OCH3 is 1. The molecule has 0 spiro atoms. The van der Waals surface area contributed by atoms with E-state index in [1.165, 1.54) is 0 Å². The fraction of sp³-hybridized carbons (Fsp3) is 0.333. The molecule has 0 aromatic rings. The van der Waals surface area contributed by atoms with Gasteiger partial charge in [0.2, 0.25) is 0 Å². The molecule has 0 aromatic heterocycles. The van der Waals surface area contributed by atoms with E-state index in [1.807, 2.05) is 18.2 Å². The third-order valence-corrected chi connectivity index (χ3v) is 1.42. The largest absolute Gasteiger partial charge is 0.497 e. The molecule has 0 aromatic carbocycles. The lowest BCUT2D eigenvalue weighted by Gasteiger charge is -2.00. The minimum absolute atomic E-state index is 0.962. The van der Waals surface area contributed by atoms with Crippen molar-refractivity contribution in [3.05, 3.63) is 36.1 Å². The van der Waals surface area contributed by atoms with Crippen molar-refractivity contribution < 1.29 is 4.74 Å². The monoisotopic (exact) mass is 136 g/mol. The summed E-state index contributed by atoms with van der Waals surface area (Å²) in [5, 5.41) is 0. The average Bonchev–Trinajstić information content (AvgIpc) is 1.87. The molecule has 0 amide bonds. The number of hydrogen-bond donors (Lipinski definition) is 0. The van der Waals surface area contributed by atoms with Crippen molar-refractivity contribution >= 4 is 0 Å². The van der Waals surface area contributed by atoms with Crippen molar-refractivity contribution in [2.75, 3.05) is 7.11 Å². The summed E-state index contributed by atoms with van der Waals surface area (Å²) >= 11 is 0. The summed E-state index contributed by atoms with van der Waals surface area (Å²) in [5.41, 5.74) is 0. The Kier molecular flexibility index (Phi) is 2.81. The summed E-state index contributed by atoms with van der Waals surface area (Å²) in [7, 11) is 1.70. The van der Waals surface area contributed by atoms with Crippen LogP contribution in [0.5, 0.6) is 0 Å². The molecule has 0 saturated carbocycles. The molecule has 10 heavy (non-hydrogen) atoms. The summed E-state index contributed by atoms with van der Waals surface area (Å²) in [6.45, 7) is 0. The Morgan fingerprint density at radius 3 is 3.00 bits per heavy atom. The molecule has 0 heterocycles. The highest BCUT2D eigenvalue weighted by molar-refractivity contribution is 5.19. The maximum Gasteiger partial charge on any atom is 0.114 e. The number of rotatable bonds is 1. The van der Waals surface area contributed by atoms with E-state index in [0.29, 0.717) is 0 Å². The van der Waals surface area contributed by atoms with Gasteiger partial charge in [-0.05, 0) is 25.0 Å². The minimum atomic E-state index is 0.962. The van der Waals surface area contributed by atoms with Gasteiger partial charge in [0.1, 0.15) is 5.76 Å². The van der Waals surface area contributed by atoms with Crippen LogP contribution in [0.1, 0.15) is 12.8 Å². The molecule has 0 N–H and O–H groups in total. The van der Waals surface area contributed by atoms with Gasteiger partial charge < -0.3 is 4.74 Å². The Labute approximate surface area is 61.7 Å². The second-order valence-corrected chi connectivity index (χ2v) is 2.18. The SMILES string of the molecule is COC1=C/CC/C=C/C=C\1. The van der Waals surface area contributed by atoms with Gasteiger partial charge in [0, 0.05) is 0 Å². The molecule has 1 aliphatic rings. The molecular formula is C9H12O. The van der Waals surface area contributed by atoms with E-state index < -0.39 is 0 Å². The molecule has 1 aliphatic carbocycles. The zero-order chi connectivity index (χ0) is 7.23. The number of hydrogen-bond acceptors (Lipinski definition) is 1. The Bertz CT molecular complexity index is 172. The van der Waals surface area contributed by atoms with Crippen LogP contribution in [0.4, 0.5) is 0 Å². The fourth-order valence-corrected chi connectivity index (χ4v) is 0.866. The zero-order valence-corrected chi connectivity index (χ0v) is 6.21. The lowest BCUT2D eigenvalue weighted by Crippen LogP contribution is -1.82. The van der Waals surface area contributed by atoms with Crippen LogP contribution in [0.3, 0.4) is 0 Å². The topological polar surface area (TPSA) is 9.23 Å². The van der Waals surface area contributed by atoms with Gasteiger partial charge in [0.25, 0.3) is 0 Å². The second-order valence-electron chi connectivity index (χ2n) is 2.18. The van der Waals surface area contributed by atoms with E-state index in [9.17, 15) is 0 Å². The maximum absolute atomic E-state index is 5.07. The molecule has 0 fully saturated rings. The standard InChI is InChI=1S/C9H12O/c1-10-9-7-5-3-2-4-6-8-9/h2-3,5,7-8H,4,6H2,1H3/b3-2+,7-5-,9-8+. The first-order chi connectivity index (χ1) is 4.93. The first-order valence-corrected chi connectivity index (χ1v) is 3.51. The van der Waals surface area contributed by atoms with Crippen molar-refractivity contribution in [1.82, 2.24) is 0 Å². The molecular weight excluding hydrogens is 124 g/mol. The zero-order valence-electron chi connectivity index (χ0n) is 6.21. The van der Waals surface area contributed by atoms with Crippen LogP contribution in [0.2, 0.25) is 0 Å². The third-order valence-electron chi connectivity index (χ3n) is 1.42. The molecule has 0 saturated heterocycles. The lowest BCUT2D eigenvalue weighted by molar-refractivity contribution is 0.305. The molecule has 54 valence electrons. The van der Waals surface area contributed by atoms with E-state index in [-0.39, 0.29) is 0 Å². The van der Waals surface area contributed by atoms with Crippen LogP contribution < -0.4 is 0 Å². The van der Waals surface area contributed by atoms with E-state index in [2.05, 4.69) is 12.2 Å². The number of ether oxygens (including phenoxy) is 1. The van der Waals surface area contributed by atoms with Gasteiger partial charge in [0.05, 0.1) is 7.11 Å². The first kappa shape index (κ1) is 7.13. The van der Waals surface area contributed by atoms with Gasteiger partial charge in [-0.3, -0.25) is 0 Å². The maximum atomic E-state index is 5.07. The molecule has 0 bridgehead atoms. The van der Waals surface area contributed by atoms with Crippen molar-refractivity contribution in [2.45, 2.75) is 12.8 Å². The first-order valence-electron chi connectivity index (χ1n) is 3.51. The summed E-state index contributed by atoms with van der Waals surface area (Å²) < 4.78 is 5.07. The highest BCUT2D eigenvalue weighted by Gasteiger charge is 1.89. The van der Waals surface area contributed by atoms with E-state index in [4.69, 9.17) is 4.74 Å². The lowest BCUT2D eigenvalue weighted by atomic mass is 10.2. The summed E-state index contributed by atoms with van der Waals surface area (Å²) in [6.07, 6.45) is 12.4. The fourth-order valence-electron chi connectivity index (χ4n) is 0.866. The van der Waals surface area contributed by atoms with Crippen LogP contribution in [0.15, 0.2) is 36.1 Å². The molecule has 1 nitrogen and oxygen atoms in total. The number of allylic oxidation sites excluding steroid dienone is 5. The third kappa shape index (κ3) is 2.09. The van der Waals surface area contributed by atoms with Crippen LogP contribution in [0, 0.1) is 0 Å². The van der Waals surface area contributed by atoms with Gasteiger partial charge in [0.15, 0.2) is 0 Å². The van der Waals surface area contributed by atoms with Gasteiger partial charge in [-0.25, -0.2) is 0 Å². The van der Waals surface area contributed by atoms with Gasteiger partial charge in [-0.2, -0.15) is 0 Å². The van der Waals surface area contributed by atoms with E-state index in [0.717, 1.165) is 18.6 Å². The Morgan fingerprint density at radius 2 is 2.20 bits per heavy atom. The van der Waals surface area contributed by atoms with Gasteiger partial charge in [-0.15, -0.1) is 0 Å². The molecule has 1 heteroatoms. The Morgan fingerprint density at radius 1 is 1.30 bits per heavy atom. The van der Waals surface area contributed by atoms with Crippen molar-refractivity contribution in [1.29, 1.82) is 0 Å². The predicted octanol–water partition coefficient (Wildman–Crippen LogP) is 2.42. The Balaban J connectivity index is 2.62. The highest BCUT2D eigenvalue weighted by atomic mass is 16.5. The van der Waals surface area contributed by atoms with Crippen LogP contribution >= 0.6 is 0 Å². The minimum Gasteiger partial charge on any atom is -0.497 e. The van der Waals surface area contributed by atoms with E-state index in [1.54, 1.807) is 7.11 Å². The highest BCUT2D eigenvalue weighted by Crippen LogP contribution is 2.05. The van der Waals surface area contributed by atoms with Crippen molar-refractivity contribution in [3.8, 4) is 0 Å². The van der Waals surface area contributed by atoms with Crippen LogP contribution in [-0.2, 0) is 4.74 Å². The molecule has 0 radical (unpaired) electrons. The molecule has 0 aliphatic heterocycles.